The molecule has 0 radical (unpaired) electrons. The van der Waals surface area contributed by atoms with Gasteiger partial charge in [0.2, 0.25) is 0 Å². The van der Waals surface area contributed by atoms with Crippen LogP contribution in [-0.2, 0) is 20.9 Å². The summed E-state index contributed by atoms with van der Waals surface area (Å²) >= 11 is 0. The van der Waals surface area contributed by atoms with Crippen molar-refractivity contribution in [1.29, 1.82) is 0 Å². The summed E-state index contributed by atoms with van der Waals surface area (Å²) in [7, 11) is 0. The largest absolute Gasteiger partial charge is 0.489 e. The van der Waals surface area contributed by atoms with Crippen molar-refractivity contribution in [3.05, 3.63) is 108 Å². The van der Waals surface area contributed by atoms with Crippen LogP contribution in [0, 0.1) is 0 Å². The van der Waals surface area contributed by atoms with Crippen LogP contribution in [-0.4, -0.2) is 44.2 Å². The van der Waals surface area contributed by atoms with Crippen LogP contribution in [0.5, 0.6) is 17.2 Å². The summed E-state index contributed by atoms with van der Waals surface area (Å²) in [6, 6.07) is 20.9. The van der Waals surface area contributed by atoms with Gasteiger partial charge in [0.15, 0.2) is 17.3 Å². The molecule has 0 saturated heterocycles. The molecule has 6 rings (SSSR count). The summed E-state index contributed by atoms with van der Waals surface area (Å²) in [6.45, 7) is 5.02. The molecule has 0 fully saturated rings. The van der Waals surface area contributed by atoms with Gasteiger partial charge < -0.3 is 24.1 Å². The van der Waals surface area contributed by atoms with Crippen molar-refractivity contribution in [3.63, 3.8) is 0 Å². The van der Waals surface area contributed by atoms with E-state index < -0.39 is 29.6 Å². The van der Waals surface area contributed by atoms with Crippen molar-refractivity contribution in [3.8, 4) is 17.2 Å². The standard InChI is InChI=1S/C33H26N2O9/c1-33(2,3)44-32(40)35-29(36)27(28(30(35)37)26-18-42-24-11-7-8-12-25(24)43-26)22-16-34(31(38)39)23-14-13-20(15-21(22)23)41-17-19-9-5-4-6-10-19/h4-16,18H,17H2,1-3H3,(H,38,39). The van der Waals surface area contributed by atoms with Crippen molar-refractivity contribution in [2.75, 3.05) is 0 Å². The molecular formula is C33H26N2O9. The normalized spacial score (nSPS) is 14.6. The SMILES string of the molecule is CC(C)(C)OC(=O)N1C(=O)C(C2=COc3ccccc3O2)=C(c2cn(C(=O)O)c3ccc(OCc4ccccc4)cc23)C1=O. The van der Waals surface area contributed by atoms with Crippen LogP contribution in [0.1, 0.15) is 31.9 Å². The van der Waals surface area contributed by atoms with Crippen molar-refractivity contribution in [2.24, 2.45) is 0 Å². The van der Waals surface area contributed by atoms with Crippen LogP contribution in [0.4, 0.5) is 9.59 Å². The Balaban J connectivity index is 1.50. The zero-order chi connectivity index (χ0) is 31.2. The van der Waals surface area contributed by atoms with Crippen LogP contribution in [0.25, 0.3) is 16.5 Å². The van der Waals surface area contributed by atoms with E-state index in [2.05, 4.69) is 0 Å². The van der Waals surface area contributed by atoms with Crippen molar-refractivity contribution >= 4 is 40.5 Å². The minimum atomic E-state index is -1.33. The van der Waals surface area contributed by atoms with Crippen LogP contribution < -0.4 is 14.2 Å². The predicted octanol–water partition coefficient (Wildman–Crippen LogP) is 6.12. The van der Waals surface area contributed by atoms with E-state index in [0.717, 1.165) is 16.4 Å². The Bertz CT molecular complexity index is 1910. The highest BCUT2D eigenvalue weighted by Crippen LogP contribution is 2.42. The summed E-state index contributed by atoms with van der Waals surface area (Å²) in [5, 5.41) is 10.3. The molecular weight excluding hydrogens is 568 g/mol. The van der Waals surface area contributed by atoms with Crippen LogP contribution in [0.3, 0.4) is 0 Å². The van der Waals surface area contributed by atoms with Gasteiger partial charge >= 0.3 is 12.2 Å². The lowest BCUT2D eigenvalue weighted by Gasteiger charge is -2.23. The fourth-order valence-electron chi connectivity index (χ4n) is 4.88. The summed E-state index contributed by atoms with van der Waals surface area (Å²) in [6.07, 6.45) is -0.142. The molecule has 4 aromatic rings. The van der Waals surface area contributed by atoms with E-state index >= 15 is 0 Å². The van der Waals surface area contributed by atoms with Crippen molar-refractivity contribution in [1.82, 2.24) is 9.47 Å². The van der Waals surface area contributed by atoms with Crippen LogP contribution in [0.15, 0.2) is 96.6 Å². The highest BCUT2D eigenvalue weighted by atomic mass is 16.6. The fourth-order valence-corrected chi connectivity index (χ4v) is 4.88. The lowest BCUT2D eigenvalue weighted by molar-refractivity contribution is -0.135. The van der Waals surface area contributed by atoms with Gasteiger partial charge in [-0.15, -0.1) is 0 Å². The van der Waals surface area contributed by atoms with E-state index in [9.17, 15) is 24.3 Å². The van der Waals surface area contributed by atoms with Gasteiger partial charge in [-0.2, -0.15) is 4.90 Å². The van der Waals surface area contributed by atoms with Crippen LogP contribution in [0.2, 0.25) is 0 Å². The molecule has 11 nitrogen and oxygen atoms in total. The average Bonchev–Trinajstić information content (AvgIpc) is 3.49. The third-order valence-electron chi connectivity index (χ3n) is 6.77. The van der Waals surface area contributed by atoms with E-state index in [-0.39, 0.29) is 45.7 Å². The molecule has 11 heteroatoms. The Kier molecular flexibility index (Phi) is 6.93. The summed E-state index contributed by atoms with van der Waals surface area (Å²) < 4.78 is 23.9. The lowest BCUT2D eigenvalue weighted by atomic mass is 9.99. The molecule has 0 atom stereocenters. The number of hydrogen-bond acceptors (Lipinski definition) is 8. The quantitative estimate of drug-likeness (QED) is 0.271. The third kappa shape index (κ3) is 5.15. The van der Waals surface area contributed by atoms with Crippen molar-refractivity contribution < 1.29 is 43.2 Å². The lowest BCUT2D eigenvalue weighted by Crippen LogP contribution is -2.41. The summed E-state index contributed by atoms with van der Waals surface area (Å²) in [4.78, 5) is 53.7. The maximum absolute atomic E-state index is 14.0. The molecule has 44 heavy (non-hydrogen) atoms. The van der Waals surface area contributed by atoms with Gasteiger partial charge in [-0.25, -0.2) is 9.59 Å². The Labute approximate surface area is 251 Å². The number of hydrogen-bond donors (Lipinski definition) is 1. The average molecular weight is 595 g/mol. The van der Waals surface area contributed by atoms with E-state index in [1.54, 1.807) is 57.2 Å². The second-order valence-electron chi connectivity index (χ2n) is 11.0. The Hall–Kier alpha value is -5.84. The monoisotopic (exact) mass is 594 g/mol. The Morgan fingerprint density at radius 1 is 0.886 bits per heavy atom. The number of carboxylic acid groups (broad SMARTS) is 1. The van der Waals surface area contributed by atoms with Crippen LogP contribution >= 0.6 is 0 Å². The first-order valence-corrected chi connectivity index (χ1v) is 13.6. The zero-order valence-corrected chi connectivity index (χ0v) is 23.9. The van der Waals surface area contributed by atoms with Gasteiger partial charge in [-0.3, -0.25) is 14.2 Å². The topological polar surface area (TPSA) is 134 Å². The first-order chi connectivity index (χ1) is 21.0. The van der Waals surface area contributed by atoms with Gasteiger partial charge in [-0.1, -0.05) is 42.5 Å². The predicted molar refractivity (Wildman–Crippen MR) is 157 cm³/mol. The molecule has 0 spiro atoms. The second-order valence-corrected chi connectivity index (χ2v) is 11.0. The molecule has 3 amide bonds. The van der Waals surface area contributed by atoms with Gasteiger partial charge in [0.05, 0.1) is 16.7 Å². The minimum Gasteiger partial charge on any atom is -0.489 e. The van der Waals surface area contributed by atoms with Gasteiger partial charge in [-0.05, 0) is 56.7 Å². The molecule has 0 unspecified atom stereocenters. The van der Waals surface area contributed by atoms with E-state index in [1.807, 2.05) is 30.3 Å². The first kappa shape index (κ1) is 28.3. The molecule has 2 aliphatic heterocycles. The number of ether oxygens (including phenoxy) is 4. The Morgan fingerprint density at radius 2 is 1.57 bits per heavy atom. The van der Waals surface area contributed by atoms with E-state index in [1.165, 1.54) is 12.3 Å². The highest BCUT2D eigenvalue weighted by molar-refractivity contribution is 6.42. The molecule has 2 aliphatic rings. The van der Waals surface area contributed by atoms with Gasteiger partial charge in [0, 0.05) is 17.1 Å². The second kappa shape index (κ2) is 10.8. The highest BCUT2D eigenvalue weighted by Gasteiger charge is 2.48. The number of benzene rings is 3. The maximum atomic E-state index is 14.0. The number of nitrogens with zero attached hydrogens (tertiary/aromatic N) is 2. The summed E-state index contributed by atoms with van der Waals surface area (Å²) in [5.41, 5.74) is -0.381. The number of carbonyl (C=O) groups is 4. The Morgan fingerprint density at radius 3 is 2.27 bits per heavy atom. The van der Waals surface area contributed by atoms with Gasteiger partial charge in [0.1, 0.15) is 24.2 Å². The molecule has 0 aliphatic carbocycles. The fraction of sp³-hybridized carbons (Fsp3) is 0.152. The minimum absolute atomic E-state index is 0.0651. The number of amides is 3. The van der Waals surface area contributed by atoms with E-state index in [4.69, 9.17) is 18.9 Å². The smallest absolute Gasteiger partial charge is 0.424 e. The first-order valence-electron chi connectivity index (χ1n) is 13.6. The molecule has 222 valence electrons. The maximum Gasteiger partial charge on any atom is 0.424 e. The molecule has 0 saturated carbocycles. The number of fused-ring (bicyclic) bond motifs is 2. The number of aromatic nitrogens is 1. The number of para-hydroxylation sites is 2. The molecule has 0 bridgehead atoms. The molecule has 3 heterocycles. The number of rotatable bonds is 5. The molecule has 3 aromatic carbocycles. The van der Waals surface area contributed by atoms with E-state index in [0.29, 0.717) is 16.4 Å². The zero-order valence-electron chi connectivity index (χ0n) is 23.9. The van der Waals surface area contributed by atoms with Crippen molar-refractivity contribution in [2.45, 2.75) is 33.0 Å². The number of imide groups is 3. The summed E-state index contributed by atoms with van der Waals surface area (Å²) in [5.74, 6) is -1.13. The van der Waals surface area contributed by atoms with Gasteiger partial charge in [0.25, 0.3) is 11.8 Å². The number of carbonyl (C=O) groups excluding carboxylic acids is 3. The molecule has 1 aromatic heterocycles. The molecule has 1 N–H and O–H groups in total. The third-order valence-corrected chi connectivity index (χ3v) is 6.77.